The minimum atomic E-state index is 0.998. The molecule has 0 saturated heterocycles. The lowest BCUT2D eigenvalue weighted by Crippen LogP contribution is -1.84. The van der Waals surface area contributed by atoms with Crippen molar-refractivity contribution in [2.24, 2.45) is 0 Å². The van der Waals surface area contributed by atoms with Gasteiger partial charge in [0, 0.05) is 0 Å². The Bertz CT molecular complexity index is 1700. The van der Waals surface area contributed by atoms with Gasteiger partial charge in [0.2, 0.25) is 0 Å². The maximum atomic E-state index is 4.30. The van der Waals surface area contributed by atoms with Gasteiger partial charge in [0.25, 0.3) is 0 Å². The molecule has 0 radical (unpaired) electrons. The normalized spacial score (nSPS) is 11.3. The van der Waals surface area contributed by atoms with E-state index in [-0.39, 0.29) is 0 Å². The third-order valence-electron chi connectivity index (χ3n) is 6.84. The third-order valence-corrected chi connectivity index (χ3v) is 6.84. The summed E-state index contributed by atoms with van der Waals surface area (Å²) in [6, 6.07) is 47.5. The molecule has 0 spiro atoms. The number of rotatable bonds is 5. The minimum Gasteiger partial charge on any atom is -0.0912 e. The lowest BCUT2D eigenvalue weighted by molar-refractivity contribution is 1.60. The van der Waals surface area contributed by atoms with Gasteiger partial charge in [-0.2, -0.15) is 0 Å². The number of hydrogen-bond acceptors (Lipinski definition) is 0. The zero-order chi connectivity index (χ0) is 24.3. The number of benzene rings is 6. The Morgan fingerprint density at radius 3 is 1.50 bits per heavy atom. The van der Waals surface area contributed by atoms with Crippen molar-refractivity contribution in [1.82, 2.24) is 0 Å². The van der Waals surface area contributed by atoms with Crippen LogP contribution < -0.4 is 0 Å². The Hall–Kier alpha value is -4.68. The third kappa shape index (κ3) is 4.26. The molecule has 0 fully saturated rings. The van der Waals surface area contributed by atoms with Gasteiger partial charge >= 0.3 is 0 Å². The van der Waals surface area contributed by atoms with Crippen LogP contribution in [-0.4, -0.2) is 0 Å². The molecular weight excluding hydrogens is 432 g/mol. The first-order valence-electron chi connectivity index (χ1n) is 12.3. The van der Waals surface area contributed by atoms with Gasteiger partial charge in [-0.25, -0.2) is 0 Å². The zero-order valence-corrected chi connectivity index (χ0v) is 20.1. The van der Waals surface area contributed by atoms with E-state index in [1.165, 1.54) is 43.8 Å². The largest absolute Gasteiger partial charge is 0.0912 e. The van der Waals surface area contributed by atoms with Gasteiger partial charge in [-0.3, -0.25) is 0 Å². The molecule has 0 aliphatic carbocycles. The molecule has 0 atom stereocenters. The molecule has 0 bridgehead atoms. The summed E-state index contributed by atoms with van der Waals surface area (Å²) >= 11 is 0. The zero-order valence-electron chi connectivity index (χ0n) is 20.1. The molecule has 0 saturated carbocycles. The maximum Gasteiger partial charge on any atom is -0.0105 e. The van der Waals surface area contributed by atoms with Crippen molar-refractivity contribution in [3.63, 3.8) is 0 Å². The summed E-state index contributed by atoms with van der Waals surface area (Å²) in [5, 5.41) is 5.08. The van der Waals surface area contributed by atoms with Gasteiger partial charge in [0.05, 0.1) is 0 Å². The quantitative estimate of drug-likeness (QED) is 0.225. The predicted octanol–water partition coefficient (Wildman–Crippen LogP) is 10.1. The van der Waals surface area contributed by atoms with Gasteiger partial charge in [0.15, 0.2) is 0 Å². The fourth-order valence-corrected chi connectivity index (χ4v) is 4.88. The van der Waals surface area contributed by atoms with Crippen molar-refractivity contribution in [2.75, 3.05) is 0 Å². The van der Waals surface area contributed by atoms with Gasteiger partial charge in [-0.15, -0.1) is 0 Å². The van der Waals surface area contributed by atoms with Crippen LogP contribution >= 0.6 is 0 Å². The SMILES string of the molecule is C=C(/C=C/c1ccc(-c2cccc3ccccc23)cc1)c1ccc(-c2cccc3ccccc23)cc1. The van der Waals surface area contributed by atoms with Gasteiger partial charge in [0.1, 0.15) is 0 Å². The van der Waals surface area contributed by atoms with Gasteiger partial charge in [-0.1, -0.05) is 152 Å². The second kappa shape index (κ2) is 9.52. The van der Waals surface area contributed by atoms with Crippen LogP contribution in [0.1, 0.15) is 11.1 Å². The highest BCUT2D eigenvalue weighted by atomic mass is 14.1. The fraction of sp³-hybridized carbons (Fsp3) is 0. The van der Waals surface area contributed by atoms with E-state index in [1.807, 2.05) is 0 Å². The number of fused-ring (bicyclic) bond motifs is 2. The van der Waals surface area contributed by atoms with Crippen LogP contribution in [0.2, 0.25) is 0 Å². The molecule has 0 N–H and O–H groups in total. The lowest BCUT2D eigenvalue weighted by atomic mass is 9.96. The standard InChI is InChI=1S/C36H26/c1-26(28-22-24-32(25-23-28)36-15-7-11-30-9-3-5-13-34(30)36)16-17-27-18-20-31(21-19-27)35-14-6-10-29-8-2-4-12-33(29)35/h2-25H,1H2/b17-16+. The van der Waals surface area contributed by atoms with Crippen molar-refractivity contribution in [3.05, 3.63) is 157 Å². The van der Waals surface area contributed by atoms with Crippen LogP contribution in [0, 0.1) is 0 Å². The first-order chi connectivity index (χ1) is 17.8. The predicted molar refractivity (Wildman–Crippen MR) is 157 cm³/mol. The summed E-state index contributed by atoms with van der Waals surface area (Å²) in [4.78, 5) is 0. The molecule has 0 aromatic heterocycles. The van der Waals surface area contributed by atoms with Crippen LogP contribution in [0.15, 0.2) is 146 Å². The average Bonchev–Trinajstić information content (AvgIpc) is 2.96. The Morgan fingerprint density at radius 1 is 0.472 bits per heavy atom. The van der Waals surface area contributed by atoms with Crippen LogP contribution in [0.5, 0.6) is 0 Å². The monoisotopic (exact) mass is 458 g/mol. The smallest absolute Gasteiger partial charge is 0.0105 e. The summed E-state index contributed by atoms with van der Waals surface area (Å²) in [5.74, 6) is 0. The van der Waals surface area contributed by atoms with Crippen LogP contribution in [0.4, 0.5) is 0 Å². The second-order valence-corrected chi connectivity index (χ2v) is 9.11. The highest BCUT2D eigenvalue weighted by molar-refractivity contribution is 5.97. The van der Waals surface area contributed by atoms with E-state index in [4.69, 9.17) is 0 Å². The summed E-state index contributed by atoms with van der Waals surface area (Å²) in [7, 11) is 0. The van der Waals surface area contributed by atoms with E-state index in [0.717, 1.165) is 16.7 Å². The molecule has 0 aliphatic rings. The summed E-state index contributed by atoms with van der Waals surface area (Å²) in [6.07, 6.45) is 4.23. The number of allylic oxidation sites excluding steroid dienone is 2. The number of hydrogen-bond donors (Lipinski definition) is 0. The molecule has 0 amide bonds. The Morgan fingerprint density at radius 2 is 0.944 bits per heavy atom. The van der Waals surface area contributed by atoms with Gasteiger partial charge < -0.3 is 0 Å². The first-order valence-corrected chi connectivity index (χ1v) is 12.3. The molecule has 6 aromatic carbocycles. The molecular formula is C36H26. The summed E-state index contributed by atoms with van der Waals surface area (Å²) < 4.78 is 0. The summed E-state index contributed by atoms with van der Waals surface area (Å²) in [6.45, 7) is 4.30. The molecule has 0 heterocycles. The molecule has 6 aromatic rings. The molecule has 0 unspecified atom stereocenters. The van der Waals surface area contributed by atoms with E-state index in [2.05, 4.69) is 152 Å². The molecule has 0 nitrogen and oxygen atoms in total. The average molecular weight is 459 g/mol. The second-order valence-electron chi connectivity index (χ2n) is 9.11. The molecule has 0 aliphatic heterocycles. The minimum absolute atomic E-state index is 0.998. The van der Waals surface area contributed by atoms with Crippen LogP contribution in [0.25, 0.3) is 55.4 Å². The van der Waals surface area contributed by atoms with Crippen molar-refractivity contribution in [2.45, 2.75) is 0 Å². The van der Waals surface area contributed by atoms with E-state index in [1.54, 1.807) is 0 Å². The first kappa shape index (κ1) is 21.8. The van der Waals surface area contributed by atoms with Crippen molar-refractivity contribution < 1.29 is 0 Å². The van der Waals surface area contributed by atoms with Crippen LogP contribution in [0.3, 0.4) is 0 Å². The highest BCUT2D eigenvalue weighted by Gasteiger charge is 2.05. The lowest BCUT2D eigenvalue weighted by Gasteiger charge is -2.08. The topological polar surface area (TPSA) is 0 Å². The van der Waals surface area contributed by atoms with E-state index in [0.29, 0.717) is 0 Å². The molecule has 36 heavy (non-hydrogen) atoms. The van der Waals surface area contributed by atoms with E-state index in [9.17, 15) is 0 Å². The molecule has 6 rings (SSSR count). The molecule has 0 heteroatoms. The fourth-order valence-electron chi connectivity index (χ4n) is 4.88. The Kier molecular flexibility index (Phi) is 5.77. The van der Waals surface area contributed by atoms with Crippen molar-refractivity contribution in [3.8, 4) is 22.3 Å². The van der Waals surface area contributed by atoms with Crippen molar-refractivity contribution >= 4 is 33.2 Å². The van der Waals surface area contributed by atoms with Crippen molar-refractivity contribution in [1.29, 1.82) is 0 Å². The van der Waals surface area contributed by atoms with E-state index >= 15 is 0 Å². The summed E-state index contributed by atoms with van der Waals surface area (Å²) in [5.41, 5.74) is 8.25. The van der Waals surface area contributed by atoms with Gasteiger partial charge in [-0.05, 0) is 60.5 Å². The van der Waals surface area contributed by atoms with Crippen LogP contribution in [-0.2, 0) is 0 Å². The maximum absolute atomic E-state index is 4.30. The highest BCUT2D eigenvalue weighted by Crippen LogP contribution is 2.31. The molecule has 170 valence electrons. The van der Waals surface area contributed by atoms with E-state index < -0.39 is 0 Å². The Labute approximate surface area is 212 Å². The Balaban J connectivity index is 1.20.